The SMILES string of the molecule is Cc1ccccc1[C@H](NC(=O)CCCN1c2cccc3cccc(c23)S1(=O)=O)c1ccccc1. The molecule has 1 heterocycles. The van der Waals surface area contributed by atoms with Crippen LogP contribution in [-0.4, -0.2) is 20.9 Å². The molecule has 0 aromatic heterocycles. The summed E-state index contributed by atoms with van der Waals surface area (Å²) in [7, 11) is -3.61. The van der Waals surface area contributed by atoms with Crippen LogP contribution in [0.1, 0.15) is 35.6 Å². The number of amides is 1. The molecule has 5 rings (SSSR count). The molecular formula is C28H26N2O3S. The van der Waals surface area contributed by atoms with E-state index in [1.807, 2.05) is 85.8 Å². The second-order valence-electron chi connectivity index (χ2n) is 8.58. The molecule has 0 saturated carbocycles. The number of hydrogen-bond acceptors (Lipinski definition) is 3. The van der Waals surface area contributed by atoms with Crippen LogP contribution < -0.4 is 9.62 Å². The lowest BCUT2D eigenvalue weighted by molar-refractivity contribution is -0.121. The van der Waals surface area contributed by atoms with Crippen molar-refractivity contribution in [2.24, 2.45) is 0 Å². The van der Waals surface area contributed by atoms with Gasteiger partial charge in [0.15, 0.2) is 0 Å². The Morgan fingerprint density at radius 2 is 1.59 bits per heavy atom. The minimum Gasteiger partial charge on any atom is -0.345 e. The van der Waals surface area contributed by atoms with Crippen LogP contribution in [0.5, 0.6) is 0 Å². The van der Waals surface area contributed by atoms with Crippen molar-refractivity contribution in [2.45, 2.75) is 30.7 Å². The summed E-state index contributed by atoms with van der Waals surface area (Å²) in [5.41, 5.74) is 3.85. The number of carbonyl (C=O) groups excluding carboxylic acids is 1. The Bertz CT molecular complexity index is 1460. The molecule has 172 valence electrons. The molecule has 0 aliphatic carbocycles. The van der Waals surface area contributed by atoms with E-state index in [4.69, 9.17) is 0 Å². The molecule has 1 aliphatic heterocycles. The molecule has 0 spiro atoms. The Balaban J connectivity index is 1.31. The lowest BCUT2D eigenvalue weighted by atomic mass is 9.95. The van der Waals surface area contributed by atoms with Crippen molar-refractivity contribution in [2.75, 3.05) is 10.8 Å². The summed E-state index contributed by atoms with van der Waals surface area (Å²) in [5.74, 6) is -0.107. The van der Waals surface area contributed by atoms with Gasteiger partial charge in [-0.1, -0.05) is 78.9 Å². The summed E-state index contributed by atoms with van der Waals surface area (Å²) in [6.07, 6.45) is 0.651. The first-order valence-corrected chi connectivity index (χ1v) is 12.8. The molecule has 1 amide bonds. The molecule has 0 bridgehead atoms. The maximum absolute atomic E-state index is 13.2. The van der Waals surface area contributed by atoms with Crippen LogP contribution in [0, 0.1) is 6.92 Å². The van der Waals surface area contributed by atoms with Gasteiger partial charge in [-0.2, -0.15) is 0 Å². The molecule has 0 fully saturated rings. The van der Waals surface area contributed by atoms with Gasteiger partial charge in [0.25, 0.3) is 10.0 Å². The molecule has 1 aliphatic rings. The van der Waals surface area contributed by atoms with E-state index in [0.717, 1.165) is 27.5 Å². The third-order valence-electron chi connectivity index (χ3n) is 6.38. The van der Waals surface area contributed by atoms with Crippen molar-refractivity contribution in [3.8, 4) is 0 Å². The average molecular weight is 471 g/mol. The van der Waals surface area contributed by atoms with E-state index in [0.29, 0.717) is 17.0 Å². The van der Waals surface area contributed by atoms with E-state index >= 15 is 0 Å². The first-order chi connectivity index (χ1) is 16.5. The Kier molecular flexibility index (Phi) is 5.84. The Morgan fingerprint density at radius 3 is 2.35 bits per heavy atom. The summed E-state index contributed by atoms with van der Waals surface area (Å²) in [6.45, 7) is 2.29. The van der Waals surface area contributed by atoms with Gasteiger partial charge in [0.2, 0.25) is 5.91 Å². The molecule has 0 saturated heterocycles. The Labute approximate surface area is 200 Å². The number of hydrogen-bond donors (Lipinski definition) is 1. The number of carbonyl (C=O) groups is 1. The highest BCUT2D eigenvalue weighted by atomic mass is 32.2. The number of anilines is 1. The lowest BCUT2D eigenvalue weighted by Gasteiger charge is -2.22. The maximum atomic E-state index is 13.2. The van der Waals surface area contributed by atoms with Gasteiger partial charge in [-0.15, -0.1) is 0 Å². The monoisotopic (exact) mass is 470 g/mol. The fourth-order valence-corrected chi connectivity index (χ4v) is 6.46. The summed E-state index contributed by atoms with van der Waals surface area (Å²) in [6, 6.07) is 28.6. The number of nitrogens with zero attached hydrogens (tertiary/aromatic N) is 1. The zero-order valence-electron chi connectivity index (χ0n) is 18.9. The van der Waals surface area contributed by atoms with Crippen molar-refractivity contribution in [3.05, 3.63) is 108 Å². The first kappa shape index (κ1) is 22.2. The van der Waals surface area contributed by atoms with Gasteiger partial charge in [-0.05, 0) is 47.6 Å². The zero-order chi connectivity index (χ0) is 23.7. The van der Waals surface area contributed by atoms with Gasteiger partial charge in [-0.25, -0.2) is 8.42 Å². The van der Waals surface area contributed by atoms with Crippen LogP contribution in [0.4, 0.5) is 5.69 Å². The fourth-order valence-electron chi connectivity index (χ4n) is 4.71. The molecule has 4 aromatic rings. The Hall–Kier alpha value is -3.64. The topological polar surface area (TPSA) is 66.5 Å². The average Bonchev–Trinajstić information content (AvgIpc) is 3.07. The highest BCUT2D eigenvalue weighted by Gasteiger charge is 2.35. The quantitative estimate of drug-likeness (QED) is 0.396. The van der Waals surface area contributed by atoms with Crippen molar-refractivity contribution >= 4 is 32.4 Å². The van der Waals surface area contributed by atoms with E-state index in [1.165, 1.54) is 4.31 Å². The second kappa shape index (κ2) is 8.95. The smallest absolute Gasteiger partial charge is 0.265 e. The van der Waals surface area contributed by atoms with E-state index in [9.17, 15) is 13.2 Å². The normalized spacial score (nSPS) is 14.8. The molecule has 1 atom stereocenters. The largest absolute Gasteiger partial charge is 0.345 e. The van der Waals surface area contributed by atoms with Crippen molar-refractivity contribution < 1.29 is 13.2 Å². The Morgan fingerprint density at radius 1 is 0.882 bits per heavy atom. The van der Waals surface area contributed by atoms with Crippen LogP contribution in [0.25, 0.3) is 10.8 Å². The van der Waals surface area contributed by atoms with Crippen LogP contribution in [0.3, 0.4) is 0 Å². The van der Waals surface area contributed by atoms with E-state index in [2.05, 4.69) is 5.32 Å². The van der Waals surface area contributed by atoms with E-state index < -0.39 is 10.0 Å². The fraction of sp³-hybridized carbons (Fsp3) is 0.179. The minimum atomic E-state index is -3.61. The summed E-state index contributed by atoms with van der Waals surface area (Å²) < 4.78 is 27.7. The van der Waals surface area contributed by atoms with Crippen molar-refractivity contribution in [1.29, 1.82) is 0 Å². The third kappa shape index (κ3) is 3.94. The lowest BCUT2D eigenvalue weighted by Crippen LogP contribution is -2.32. The first-order valence-electron chi connectivity index (χ1n) is 11.4. The van der Waals surface area contributed by atoms with E-state index in [1.54, 1.807) is 12.1 Å². The predicted molar refractivity (Wildman–Crippen MR) is 135 cm³/mol. The number of aryl methyl sites for hydroxylation is 1. The molecule has 6 heteroatoms. The molecule has 5 nitrogen and oxygen atoms in total. The predicted octanol–water partition coefficient (Wildman–Crippen LogP) is 5.34. The number of nitrogens with one attached hydrogen (secondary N) is 1. The molecule has 0 unspecified atom stereocenters. The summed E-state index contributed by atoms with van der Waals surface area (Å²) in [4.78, 5) is 13.3. The number of sulfonamides is 1. The van der Waals surface area contributed by atoms with E-state index in [-0.39, 0.29) is 24.9 Å². The van der Waals surface area contributed by atoms with Gasteiger partial charge < -0.3 is 5.32 Å². The third-order valence-corrected chi connectivity index (χ3v) is 8.24. The van der Waals surface area contributed by atoms with Crippen LogP contribution in [0.15, 0.2) is 95.9 Å². The van der Waals surface area contributed by atoms with Crippen LogP contribution in [-0.2, 0) is 14.8 Å². The summed E-state index contributed by atoms with van der Waals surface area (Å²) in [5, 5.41) is 4.83. The van der Waals surface area contributed by atoms with Gasteiger partial charge >= 0.3 is 0 Å². The molecule has 34 heavy (non-hydrogen) atoms. The van der Waals surface area contributed by atoms with Crippen molar-refractivity contribution in [1.82, 2.24) is 5.32 Å². The molecule has 4 aromatic carbocycles. The highest BCUT2D eigenvalue weighted by Crippen LogP contribution is 2.42. The number of benzene rings is 4. The van der Waals surface area contributed by atoms with Gasteiger partial charge in [0.05, 0.1) is 16.6 Å². The van der Waals surface area contributed by atoms with Gasteiger partial charge in [0.1, 0.15) is 0 Å². The molecule has 1 N–H and O–H groups in total. The zero-order valence-corrected chi connectivity index (χ0v) is 19.8. The minimum absolute atomic E-state index is 0.107. The molecular weight excluding hydrogens is 444 g/mol. The molecule has 0 radical (unpaired) electrons. The van der Waals surface area contributed by atoms with Crippen LogP contribution >= 0.6 is 0 Å². The standard InChI is InChI=1S/C28H26N2O3S/c1-20-10-5-6-15-23(20)28(22-11-3-2-4-12-22)29-26(31)18-9-19-30-24-16-7-13-21-14-8-17-25(27(21)24)34(30,32)33/h2-8,10-17,28H,9,18-19H2,1H3,(H,29,31)/t28-/m1/s1. The second-order valence-corrected chi connectivity index (χ2v) is 10.4. The maximum Gasteiger partial charge on any atom is 0.265 e. The van der Waals surface area contributed by atoms with Crippen molar-refractivity contribution in [3.63, 3.8) is 0 Å². The number of rotatable bonds is 7. The van der Waals surface area contributed by atoms with Gasteiger partial charge in [0, 0.05) is 18.4 Å². The van der Waals surface area contributed by atoms with Crippen LogP contribution in [0.2, 0.25) is 0 Å². The van der Waals surface area contributed by atoms with Gasteiger partial charge in [-0.3, -0.25) is 9.10 Å². The summed E-state index contributed by atoms with van der Waals surface area (Å²) >= 11 is 0. The highest BCUT2D eigenvalue weighted by molar-refractivity contribution is 7.93.